The van der Waals surface area contributed by atoms with Crippen molar-refractivity contribution in [1.29, 1.82) is 0 Å². The summed E-state index contributed by atoms with van der Waals surface area (Å²) in [5, 5.41) is 26.1. The van der Waals surface area contributed by atoms with Gasteiger partial charge in [-0.3, -0.25) is 9.68 Å². The van der Waals surface area contributed by atoms with E-state index in [2.05, 4.69) is 30.7 Å². The van der Waals surface area contributed by atoms with E-state index in [-0.39, 0.29) is 11.3 Å². The van der Waals surface area contributed by atoms with Crippen LogP contribution in [0.1, 0.15) is 20.7 Å². The van der Waals surface area contributed by atoms with E-state index in [9.17, 15) is 9.59 Å². The molecule has 0 radical (unpaired) electrons. The van der Waals surface area contributed by atoms with Crippen molar-refractivity contribution in [2.75, 3.05) is 19.4 Å². The van der Waals surface area contributed by atoms with Gasteiger partial charge in [-0.1, -0.05) is 6.07 Å². The van der Waals surface area contributed by atoms with Crippen LogP contribution in [0.4, 0.5) is 17.1 Å². The maximum absolute atomic E-state index is 12.3. The average Bonchev–Trinajstić information content (AvgIpc) is 2.63. The summed E-state index contributed by atoms with van der Waals surface area (Å²) in [4.78, 5) is 27.7. The lowest BCUT2D eigenvalue weighted by Gasteiger charge is -2.08. The van der Waals surface area contributed by atoms with Crippen molar-refractivity contribution < 1.29 is 19.7 Å². The van der Waals surface area contributed by atoms with Crippen LogP contribution in [0.2, 0.25) is 0 Å². The summed E-state index contributed by atoms with van der Waals surface area (Å²) in [6.45, 7) is 0. The molecule has 0 fully saturated rings. The van der Waals surface area contributed by atoms with E-state index in [1.807, 2.05) is 0 Å². The number of anilines is 1. The summed E-state index contributed by atoms with van der Waals surface area (Å²) < 4.78 is 0. The summed E-state index contributed by atoms with van der Waals surface area (Å²) >= 11 is 0. The minimum absolute atomic E-state index is 0.0422. The Morgan fingerprint density at radius 3 is 2.48 bits per heavy atom. The molecule has 25 heavy (non-hydrogen) atoms. The Morgan fingerprint density at radius 2 is 1.80 bits per heavy atom. The number of benzene rings is 2. The van der Waals surface area contributed by atoms with Gasteiger partial charge in [-0.25, -0.2) is 4.79 Å². The van der Waals surface area contributed by atoms with E-state index >= 15 is 0 Å². The number of amides is 1. The van der Waals surface area contributed by atoms with Crippen LogP contribution in [0.5, 0.6) is 0 Å². The molecule has 0 atom stereocenters. The predicted molar refractivity (Wildman–Crippen MR) is 89.8 cm³/mol. The summed E-state index contributed by atoms with van der Waals surface area (Å²) in [5.74, 6) is -1.41. The lowest BCUT2D eigenvalue weighted by atomic mass is 10.1. The van der Waals surface area contributed by atoms with Gasteiger partial charge in [0.15, 0.2) is 0 Å². The van der Waals surface area contributed by atoms with Gasteiger partial charge >= 0.3 is 5.97 Å². The van der Waals surface area contributed by atoms with Crippen molar-refractivity contribution in [3.63, 3.8) is 0 Å². The van der Waals surface area contributed by atoms with Gasteiger partial charge in [-0.05, 0) is 36.4 Å². The molecule has 0 aliphatic carbocycles. The summed E-state index contributed by atoms with van der Waals surface area (Å²) in [5.41, 5.74) is 1.39. The number of carbonyl (C=O) groups is 2. The summed E-state index contributed by atoms with van der Waals surface area (Å²) in [6.07, 6.45) is 0. The second kappa shape index (κ2) is 8.41. The standard InChI is InChI=1S/C16H15N5O4/c1-17-20-12-5-3-4-10(8-12)15(22)19-11-6-7-14(21-18-2)13(9-11)16(23)25-24/h3-9,24H,1-2H3,(H,19,22)/b20-17+,21-18+. The number of azo groups is 2. The van der Waals surface area contributed by atoms with Crippen LogP contribution in [0.15, 0.2) is 62.9 Å². The van der Waals surface area contributed by atoms with Crippen LogP contribution in [0.3, 0.4) is 0 Å². The Kier molecular flexibility index (Phi) is 6.02. The zero-order chi connectivity index (χ0) is 18.2. The Morgan fingerprint density at radius 1 is 1.04 bits per heavy atom. The molecule has 9 heteroatoms. The van der Waals surface area contributed by atoms with Crippen molar-refractivity contribution in [3.05, 3.63) is 53.6 Å². The van der Waals surface area contributed by atoms with E-state index in [0.717, 1.165) is 0 Å². The van der Waals surface area contributed by atoms with Crippen LogP contribution in [0.25, 0.3) is 0 Å². The van der Waals surface area contributed by atoms with Gasteiger partial charge in [-0.2, -0.15) is 25.7 Å². The molecule has 9 nitrogen and oxygen atoms in total. The zero-order valence-electron chi connectivity index (χ0n) is 13.5. The molecule has 0 unspecified atom stereocenters. The minimum atomic E-state index is -1.01. The third-order valence-corrected chi connectivity index (χ3v) is 3.09. The maximum atomic E-state index is 12.3. The Bertz CT molecular complexity index is 848. The van der Waals surface area contributed by atoms with E-state index in [1.54, 1.807) is 30.3 Å². The lowest BCUT2D eigenvalue weighted by Crippen LogP contribution is -2.12. The van der Waals surface area contributed by atoms with Gasteiger partial charge in [0.25, 0.3) is 5.91 Å². The molecule has 2 aromatic carbocycles. The molecule has 1 amide bonds. The predicted octanol–water partition coefficient (Wildman–Crippen LogP) is 4.00. The van der Waals surface area contributed by atoms with Crippen LogP contribution < -0.4 is 5.32 Å². The number of carbonyl (C=O) groups excluding carboxylic acids is 2. The second-order valence-corrected chi connectivity index (χ2v) is 4.72. The second-order valence-electron chi connectivity index (χ2n) is 4.72. The van der Waals surface area contributed by atoms with Gasteiger partial charge in [-0.15, -0.1) is 0 Å². The summed E-state index contributed by atoms with van der Waals surface area (Å²) in [7, 11) is 2.97. The first kappa shape index (κ1) is 17.9. The topological polar surface area (TPSA) is 125 Å². The van der Waals surface area contributed by atoms with E-state index in [0.29, 0.717) is 16.9 Å². The normalized spacial score (nSPS) is 11.0. The third kappa shape index (κ3) is 4.52. The van der Waals surface area contributed by atoms with E-state index in [4.69, 9.17) is 5.26 Å². The quantitative estimate of drug-likeness (QED) is 0.484. The molecule has 0 saturated heterocycles. The van der Waals surface area contributed by atoms with Crippen LogP contribution in [-0.2, 0) is 4.89 Å². The number of rotatable bonds is 5. The highest BCUT2D eigenvalue weighted by atomic mass is 17.1. The van der Waals surface area contributed by atoms with Gasteiger partial charge in [0.2, 0.25) is 0 Å². The number of hydrogen-bond acceptors (Lipinski definition) is 8. The van der Waals surface area contributed by atoms with Crippen LogP contribution >= 0.6 is 0 Å². The smallest absolute Gasteiger partial charge is 0.322 e. The zero-order valence-corrected chi connectivity index (χ0v) is 13.5. The monoisotopic (exact) mass is 341 g/mol. The molecule has 0 aliphatic heterocycles. The Hall–Kier alpha value is -3.46. The fraction of sp³-hybridized carbons (Fsp3) is 0.125. The van der Waals surface area contributed by atoms with Gasteiger partial charge < -0.3 is 5.32 Å². The number of hydrogen-bond donors (Lipinski definition) is 2. The van der Waals surface area contributed by atoms with Gasteiger partial charge in [0.05, 0.1) is 16.9 Å². The van der Waals surface area contributed by atoms with Gasteiger partial charge in [0, 0.05) is 25.3 Å². The van der Waals surface area contributed by atoms with Crippen LogP contribution in [-0.4, -0.2) is 31.2 Å². The fourth-order valence-electron chi connectivity index (χ4n) is 2.05. The average molecular weight is 341 g/mol. The van der Waals surface area contributed by atoms with E-state index < -0.39 is 11.9 Å². The van der Waals surface area contributed by atoms with Crippen molar-refractivity contribution in [3.8, 4) is 0 Å². The minimum Gasteiger partial charge on any atom is -0.322 e. The molecule has 0 heterocycles. The first-order chi connectivity index (χ1) is 12.1. The third-order valence-electron chi connectivity index (χ3n) is 3.09. The highest BCUT2D eigenvalue weighted by Crippen LogP contribution is 2.25. The van der Waals surface area contributed by atoms with Crippen molar-refractivity contribution in [2.24, 2.45) is 20.5 Å². The molecule has 2 N–H and O–H groups in total. The molecular formula is C16H15N5O4. The molecule has 2 aromatic rings. The first-order valence-corrected chi connectivity index (χ1v) is 7.10. The molecular weight excluding hydrogens is 326 g/mol. The molecule has 2 rings (SSSR count). The molecule has 0 aliphatic rings. The fourth-order valence-corrected chi connectivity index (χ4v) is 2.05. The van der Waals surface area contributed by atoms with Crippen LogP contribution in [0, 0.1) is 0 Å². The maximum Gasteiger partial charge on any atom is 0.375 e. The van der Waals surface area contributed by atoms with E-state index in [1.165, 1.54) is 26.2 Å². The summed E-state index contributed by atoms with van der Waals surface area (Å²) in [6, 6.07) is 10.9. The Balaban J connectivity index is 2.29. The van der Waals surface area contributed by atoms with Crippen molar-refractivity contribution in [1.82, 2.24) is 0 Å². The number of nitrogens with one attached hydrogen (secondary N) is 1. The molecule has 0 bridgehead atoms. The van der Waals surface area contributed by atoms with Crippen molar-refractivity contribution >= 4 is 28.9 Å². The Labute approximate surface area is 143 Å². The molecule has 0 spiro atoms. The lowest BCUT2D eigenvalue weighted by molar-refractivity contribution is -0.182. The highest BCUT2D eigenvalue weighted by Gasteiger charge is 2.15. The highest BCUT2D eigenvalue weighted by molar-refractivity contribution is 6.05. The first-order valence-electron chi connectivity index (χ1n) is 7.10. The van der Waals surface area contributed by atoms with Gasteiger partial charge in [0.1, 0.15) is 0 Å². The largest absolute Gasteiger partial charge is 0.375 e. The van der Waals surface area contributed by atoms with Crippen molar-refractivity contribution in [2.45, 2.75) is 0 Å². The molecule has 0 saturated carbocycles. The number of nitrogens with zero attached hydrogens (tertiary/aromatic N) is 4. The molecule has 0 aromatic heterocycles. The SMILES string of the molecule is C/N=N/c1cccc(C(=O)Nc2ccc(/N=N/C)c(C(=O)OO)c2)c1. The molecule has 128 valence electrons.